The fourth-order valence-corrected chi connectivity index (χ4v) is 4.07. The first-order valence-corrected chi connectivity index (χ1v) is 7.75. The summed E-state index contributed by atoms with van der Waals surface area (Å²) < 4.78 is 0. The highest BCUT2D eigenvalue weighted by molar-refractivity contribution is 8.88. The van der Waals surface area contributed by atoms with E-state index in [0.29, 0.717) is 5.56 Å². The second kappa shape index (κ2) is 4.78. The largest absolute Gasteiger partial charge is 0.297 e. The number of carbonyl (C=O) groups excluding carboxylic acids is 1. The zero-order valence-electron chi connectivity index (χ0n) is 9.79. The van der Waals surface area contributed by atoms with Crippen LogP contribution in [0.15, 0.2) is 34.3 Å². The molecule has 2 aliphatic heterocycles. The van der Waals surface area contributed by atoms with Gasteiger partial charge in [-0.15, -0.1) is 0 Å². The predicted molar refractivity (Wildman–Crippen MR) is 77.1 cm³/mol. The molecular formula is C12H11N3OS2. The fraction of sp³-hybridized carbons (Fsp3) is 0.250. The van der Waals surface area contributed by atoms with Gasteiger partial charge in [0.25, 0.3) is 5.91 Å². The number of aryl methyl sites for hydroxylation is 1. The molecule has 3 rings (SSSR count). The van der Waals surface area contributed by atoms with Gasteiger partial charge in [0.15, 0.2) is 10.3 Å². The monoisotopic (exact) mass is 277 g/mol. The zero-order valence-corrected chi connectivity index (χ0v) is 11.4. The molecule has 0 spiro atoms. The Morgan fingerprint density at radius 1 is 1.44 bits per heavy atom. The molecule has 0 saturated carbocycles. The van der Waals surface area contributed by atoms with Crippen LogP contribution in [-0.4, -0.2) is 34.2 Å². The summed E-state index contributed by atoms with van der Waals surface area (Å²) in [6.07, 6.45) is 0. The van der Waals surface area contributed by atoms with Crippen LogP contribution in [-0.2, 0) is 0 Å². The summed E-state index contributed by atoms with van der Waals surface area (Å²) in [5.74, 6) is -0.185. The van der Waals surface area contributed by atoms with E-state index in [1.165, 1.54) is 10.8 Å². The molecule has 2 heterocycles. The number of fused-ring (bicyclic) bond motifs is 1. The van der Waals surface area contributed by atoms with E-state index in [-0.39, 0.29) is 5.91 Å². The fourth-order valence-electron chi connectivity index (χ4n) is 1.80. The second-order valence-electron chi connectivity index (χ2n) is 4.05. The van der Waals surface area contributed by atoms with Gasteiger partial charge in [0.2, 0.25) is 0 Å². The maximum absolute atomic E-state index is 12.1. The number of rotatable bonds is 1. The van der Waals surface area contributed by atoms with Crippen molar-refractivity contribution in [2.45, 2.75) is 6.92 Å². The molecule has 1 fully saturated rings. The van der Waals surface area contributed by atoms with E-state index in [4.69, 9.17) is 0 Å². The zero-order chi connectivity index (χ0) is 12.5. The maximum atomic E-state index is 12.1. The summed E-state index contributed by atoms with van der Waals surface area (Å²) in [5, 5.41) is 1.72. The molecule has 6 heteroatoms. The van der Waals surface area contributed by atoms with Gasteiger partial charge in [0.05, 0.1) is 6.54 Å². The van der Waals surface area contributed by atoms with Crippen molar-refractivity contribution >= 4 is 37.8 Å². The predicted octanol–water partition coefficient (Wildman–Crippen LogP) is 2.56. The molecule has 0 aromatic heterocycles. The first-order chi connectivity index (χ1) is 8.74. The minimum Gasteiger partial charge on any atom is -0.297 e. The Morgan fingerprint density at radius 2 is 2.33 bits per heavy atom. The smallest absolute Gasteiger partial charge is 0.279 e. The van der Waals surface area contributed by atoms with Crippen molar-refractivity contribution in [3.8, 4) is 0 Å². The Bertz CT molecular complexity index is 568. The van der Waals surface area contributed by atoms with Gasteiger partial charge in [-0.3, -0.25) is 14.7 Å². The van der Waals surface area contributed by atoms with Gasteiger partial charge in [-0.1, -0.05) is 17.7 Å². The third-order valence-electron chi connectivity index (χ3n) is 2.69. The van der Waals surface area contributed by atoms with Crippen LogP contribution in [0.4, 0.5) is 0 Å². The van der Waals surface area contributed by atoms with E-state index in [1.54, 1.807) is 16.9 Å². The molecule has 4 nitrogen and oxygen atoms in total. The lowest BCUT2D eigenvalue weighted by Crippen LogP contribution is -2.26. The van der Waals surface area contributed by atoms with Gasteiger partial charge in [0, 0.05) is 12.1 Å². The average Bonchev–Trinajstić information content (AvgIpc) is 2.94. The summed E-state index contributed by atoms with van der Waals surface area (Å²) in [6.45, 7) is 3.59. The minimum atomic E-state index is -0.185. The lowest BCUT2D eigenvalue weighted by Gasteiger charge is -2.09. The van der Waals surface area contributed by atoms with E-state index in [2.05, 4.69) is 9.98 Å². The molecule has 18 heavy (non-hydrogen) atoms. The van der Waals surface area contributed by atoms with Crippen molar-refractivity contribution in [1.29, 1.82) is 0 Å². The Kier molecular flexibility index (Phi) is 3.13. The Labute approximate surface area is 113 Å². The SMILES string of the molecule is Cc1cccc(C(=O)/N=C2\SSC3=NCCN32)c1. The van der Waals surface area contributed by atoms with Crippen LogP contribution in [0.1, 0.15) is 15.9 Å². The minimum absolute atomic E-state index is 0.185. The quantitative estimate of drug-likeness (QED) is 0.740. The van der Waals surface area contributed by atoms with Crippen molar-refractivity contribution in [2.75, 3.05) is 13.1 Å². The van der Waals surface area contributed by atoms with Crippen LogP contribution < -0.4 is 0 Å². The third-order valence-corrected chi connectivity index (χ3v) is 4.87. The molecule has 0 bridgehead atoms. The number of hydrogen-bond donors (Lipinski definition) is 0. The molecule has 1 saturated heterocycles. The summed E-state index contributed by atoms with van der Waals surface area (Å²) in [5.41, 5.74) is 1.70. The van der Waals surface area contributed by atoms with Crippen LogP contribution >= 0.6 is 21.6 Å². The van der Waals surface area contributed by atoms with E-state index < -0.39 is 0 Å². The van der Waals surface area contributed by atoms with E-state index >= 15 is 0 Å². The van der Waals surface area contributed by atoms with Crippen molar-refractivity contribution in [3.63, 3.8) is 0 Å². The number of benzene rings is 1. The summed E-state index contributed by atoms with van der Waals surface area (Å²) in [4.78, 5) is 22.6. The number of nitrogens with zero attached hydrogens (tertiary/aromatic N) is 3. The van der Waals surface area contributed by atoms with Crippen LogP contribution in [0.25, 0.3) is 0 Å². The topological polar surface area (TPSA) is 45.0 Å². The second-order valence-corrected chi connectivity index (χ2v) is 6.12. The van der Waals surface area contributed by atoms with Crippen LogP contribution in [0, 0.1) is 6.92 Å². The molecule has 0 unspecified atom stereocenters. The number of aliphatic imine (C=N–C) groups is 2. The lowest BCUT2D eigenvalue weighted by atomic mass is 10.1. The number of amidine groups is 2. The van der Waals surface area contributed by atoms with Crippen molar-refractivity contribution in [2.24, 2.45) is 9.98 Å². The van der Waals surface area contributed by atoms with Gasteiger partial charge in [0.1, 0.15) is 0 Å². The summed E-state index contributed by atoms with van der Waals surface area (Å²) in [7, 11) is 3.07. The van der Waals surface area contributed by atoms with E-state index in [1.807, 2.05) is 30.0 Å². The summed E-state index contributed by atoms with van der Waals surface area (Å²) in [6, 6.07) is 7.50. The highest BCUT2D eigenvalue weighted by Gasteiger charge is 2.31. The van der Waals surface area contributed by atoms with E-state index in [0.717, 1.165) is 29.0 Å². The average molecular weight is 277 g/mol. The molecule has 1 amide bonds. The van der Waals surface area contributed by atoms with Crippen molar-refractivity contribution in [1.82, 2.24) is 4.90 Å². The molecule has 2 aliphatic rings. The highest BCUT2D eigenvalue weighted by atomic mass is 33.1. The third kappa shape index (κ3) is 2.18. The molecular weight excluding hydrogens is 266 g/mol. The first-order valence-electron chi connectivity index (χ1n) is 5.60. The highest BCUT2D eigenvalue weighted by Crippen LogP contribution is 2.38. The standard InChI is InChI=1S/C12H11N3OS2/c1-8-3-2-4-9(7-8)10(16)14-12-15-6-5-13-11(15)17-18-12/h2-4,7H,5-6H2,1H3/b14-12-. The molecule has 1 aromatic carbocycles. The molecule has 0 atom stereocenters. The van der Waals surface area contributed by atoms with Gasteiger partial charge in [-0.05, 0) is 40.6 Å². The lowest BCUT2D eigenvalue weighted by molar-refractivity contribution is 0.100. The Balaban J connectivity index is 1.84. The number of hydrogen-bond acceptors (Lipinski definition) is 4. The number of amides is 1. The molecule has 0 aliphatic carbocycles. The van der Waals surface area contributed by atoms with E-state index in [9.17, 15) is 4.79 Å². The van der Waals surface area contributed by atoms with Crippen molar-refractivity contribution < 1.29 is 4.79 Å². The normalized spacial score (nSPS) is 20.2. The van der Waals surface area contributed by atoms with Gasteiger partial charge in [-0.2, -0.15) is 4.99 Å². The first kappa shape index (κ1) is 11.8. The Hall–Kier alpha value is -1.27. The molecule has 1 aromatic rings. The molecule has 0 N–H and O–H groups in total. The van der Waals surface area contributed by atoms with Gasteiger partial charge < -0.3 is 0 Å². The van der Waals surface area contributed by atoms with Gasteiger partial charge in [-0.25, -0.2) is 0 Å². The van der Waals surface area contributed by atoms with Gasteiger partial charge >= 0.3 is 0 Å². The maximum Gasteiger partial charge on any atom is 0.279 e. The van der Waals surface area contributed by atoms with Crippen molar-refractivity contribution in [3.05, 3.63) is 35.4 Å². The summed E-state index contributed by atoms with van der Waals surface area (Å²) >= 11 is 0. The molecule has 0 radical (unpaired) electrons. The molecule has 92 valence electrons. The Morgan fingerprint density at radius 3 is 3.17 bits per heavy atom. The van der Waals surface area contributed by atoms with Crippen LogP contribution in [0.5, 0.6) is 0 Å². The number of carbonyl (C=O) groups is 1. The van der Waals surface area contributed by atoms with Crippen LogP contribution in [0.3, 0.4) is 0 Å². The van der Waals surface area contributed by atoms with Crippen LogP contribution in [0.2, 0.25) is 0 Å².